The maximum absolute atomic E-state index is 11.9. The molecule has 0 bridgehead atoms. The molecule has 0 aromatic carbocycles. The molecule has 0 fully saturated rings. The third-order valence-electron chi connectivity index (χ3n) is 2.23. The molecule has 7 heteroatoms. The van der Waals surface area contributed by atoms with Gasteiger partial charge < -0.3 is 0 Å². The van der Waals surface area contributed by atoms with Crippen molar-refractivity contribution < 1.29 is 8.42 Å². The molecule has 0 saturated heterocycles. The van der Waals surface area contributed by atoms with Gasteiger partial charge >= 0.3 is 0 Å². The molecule has 0 spiro atoms. The summed E-state index contributed by atoms with van der Waals surface area (Å²) in [5, 5.41) is 14.8. The highest BCUT2D eigenvalue weighted by Gasteiger charge is 2.21. The second kappa shape index (κ2) is 5.09. The molecule has 0 amide bonds. The minimum atomic E-state index is -3.58. The third-order valence-corrected chi connectivity index (χ3v) is 3.86. The van der Waals surface area contributed by atoms with Crippen LogP contribution in [0.3, 0.4) is 0 Å². The van der Waals surface area contributed by atoms with Gasteiger partial charge in [0.15, 0.2) is 0 Å². The smallest absolute Gasteiger partial charge is 0.244 e. The fraction of sp³-hybridized carbons (Fsp3) is 0.556. The van der Waals surface area contributed by atoms with E-state index < -0.39 is 10.0 Å². The third kappa shape index (κ3) is 2.81. The Balaban J connectivity index is 2.88. The molecule has 1 aromatic rings. The second-order valence-electron chi connectivity index (χ2n) is 3.45. The number of hydrogen-bond donors (Lipinski definition) is 2. The van der Waals surface area contributed by atoms with Crippen LogP contribution in [0.15, 0.2) is 11.1 Å². The lowest BCUT2D eigenvalue weighted by Gasteiger charge is -2.13. The fourth-order valence-electron chi connectivity index (χ4n) is 1.27. The van der Waals surface area contributed by atoms with Crippen LogP contribution in [0.4, 0.5) is 0 Å². The van der Waals surface area contributed by atoms with Crippen molar-refractivity contribution in [3.05, 3.63) is 11.9 Å². The first-order chi connectivity index (χ1) is 7.51. The van der Waals surface area contributed by atoms with Gasteiger partial charge in [0, 0.05) is 6.04 Å². The van der Waals surface area contributed by atoms with E-state index in [-0.39, 0.29) is 17.4 Å². The predicted molar refractivity (Wildman–Crippen MR) is 58.0 cm³/mol. The number of hydrogen-bond acceptors (Lipinski definition) is 4. The van der Waals surface area contributed by atoms with E-state index in [0.717, 1.165) is 0 Å². The average molecular weight is 242 g/mol. The van der Waals surface area contributed by atoms with Gasteiger partial charge in [-0.1, -0.05) is 6.92 Å². The predicted octanol–water partition coefficient (Wildman–Crippen LogP) is 0.689. The molecule has 0 aliphatic heterocycles. The van der Waals surface area contributed by atoms with Gasteiger partial charge in [0.25, 0.3) is 0 Å². The molecule has 1 rings (SSSR count). The summed E-state index contributed by atoms with van der Waals surface area (Å²) in [7, 11) is -3.58. The van der Waals surface area contributed by atoms with Crippen LogP contribution in [0.5, 0.6) is 0 Å². The number of nitrogens with zero attached hydrogens (tertiary/aromatic N) is 2. The van der Waals surface area contributed by atoms with Crippen molar-refractivity contribution in [1.82, 2.24) is 14.9 Å². The Bertz CT molecular complexity index is 486. The number of rotatable bonds is 5. The van der Waals surface area contributed by atoms with Crippen LogP contribution in [0.25, 0.3) is 0 Å². The van der Waals surface area contributed by atoms with Crippen LogP contribution >= 0.6 is 0 Å². The summed E-state index contributed by atoms with van der Waals surface area (Å²) in [6.45, 7) is 3.46. The molecule has 1 heterocycles. The van der Waals surface area contributed by atoms with E-state index in [1.807, 2.05) is 13.0 Å². The van der Waals surface area contributed by atoms with Gasteiger partial charge in [-0.05, 0) is 13.3 Å². The lowest BCUT2D eigenvalue weighted by molar-refractivity contribution is 0.542. The summed E-state index contributed by atoms with van der Waals surface area (Å²) in [4.78, 5) is 0.129. The van der Waals surface area contributed by atoms with Crippen LogP contribution in [-0.2, 0) is 10.0 Å². The summed E-state index contributed by atoms with van der Waals surface area (Å²) in [6.07, 6.45) is 1.99. The molecule has 0 aliphatic carbocycles. The van der Waals surface area contributed by atoms with Crippen molar-refractivity contribution in [2.75, 3.05) is 0 Å². The van der Waals surface area contributed by atoms with E-state index in [9.17, 15) is 8.42 Å². The SMILES string of the molecule is CCC(CC#N)NS(=O)(=O)c1cn[nH]c1C. The molecule has 1 atom stereocenters. The number of aromatic nitrogens is 2. The van der Waals surface area contributed by atoms with Crippen molar-refractivity contribution >= 4 is 10.0 Å². The molecule has 6 nitrogen and oxygen atoms in total. The number of aromatic amines is 1. The van der Waals surface area contributed by atoms with Crippen LogP contribution in [0.1, 0.15) is 25.5 Å². The Kier molecular flexibility index (Phi) is 4.04. The number of aryl methyl sites for hydroxylation is 1. The molecule has 1 aromatic heterocycles. The Labute approximate surface area is 94.7 Å². The summed E-state index contributed by atoms with van der Waals surface area (Å²) in [6, 6.07) is 1.59. The van der Waals surface area contributed by atoms with Gasteiger partial charge in [0.1, 0.15) is 4.90 Å². The fourth-order valence-corrected chi connectivity index (χ4v) is 2.73. The monoisotopic (exact) mass is 242 g/mol. The largest absolute Gasteiger partial charge is 0.281 e. The van der Waals surface area contributed by atoms with Crippen molar-refractivity contribution in [2.24, 2.45) is 0 Å². The number of sulfonamides is 1. The van der Waals surface area contributed by atoms with Gasteiger partial charge in [0.2, 0.25) is 10.0 Å². The van der Waals surface area contributed by atoms with Crippen molar-refractivity contribution in [3.8, 4) is 6.07 Å². The number of nitrogens with one attached hydrogen (secondary N) is 2. The molecular formula is C9H14N4O2S. The van der Waals surface area contributed by atoms with Gasteiger partial charge in [-0.25, -0.2) is 13.1 Å². The maximum atomic E-state index is 11.9. The lowest BCUT2D eigenvalue weighted by atomic mass is 10.2. The average Bonchev–Trinajstić information content (AvgIpc) is 2.64. The first kappa shape index (κ1) is 12.7. The minimum Gasteiger partial charge on any atom is -0.281 e. The highest BCUT2D eigenvalue weighted by Crippen LogP contribution is 2.12. The zero-order valence-electron chi connectivity index (χ0n) is 9.19. The van der Waals surface area contributed by atoms with Crippen LogP contribution in [-0.4, -0.2) is 24.7 Å². The topological polar surface area (TPSA) is 98.6 Å². The molecule has 2 N–H and O–H groups in total. The number of nitriles is 1. The Morgan fingerprint density at radius 3 is 2.81 bits per heavy atom. The van der Waals surface area contributed by atoms with Crippen LogP contribution < -0.4 is 4.72 Å². The quantitative estimate of drug-likeness (QED) is 0.793. The van der Waals surface area contributed by atoms with Crippen molar-refractivity contribution in [2.45, 2.75) is 37.6 Å². The summed E-state index contributed by atoms with van der Waals surface area (Å²) in [5.41, 5.74) is 0.485. The highest BCUT2D eigenvalue weighted by molar-refractivity contribution is 7.89. The first-order valence-corrected chi connectivity index (χ1v) is 6.38. The van der Waals surface area contributed by atoms with E-state index in [1.165, 1.54) is 6.20 Å². The second-order valence-corrected chi connectivity index (χ2v) is 5.13. The van der Waals surface area contributed by atoms with E-state index in [0.29, 0.717) is 12.1 Å². The van der Waals surface area contributed by atoms with E-state index in [1.54, 1.807) is 6.92 Å². The standard InChI is InChI=1S/C9H14N4O2S/c1-3-8(4-5-10)13-16(14,15)9-6-11-12-7(9)2/h6,8,13H,3-4H2,1-2H3,(H,11,12). The Hall–Kier alpha value is -1.39. The van der Waals surface area contributed by atoms with Crippen molar-refractivity contribution in [3.63, 3.8) is 0 Å². The molecule has 88 valence electrons. The normalized spacial score (nSPS) is 13.3. The Morgan fingerprint density at radius 2 is 2.38 bits per heavy atom. The number of H-pyrrole nitrogens is 1. The first-order valence-electron chi connectivity index (χ1n) is 4.90. The molecule has 0 saturated carbocycles. The zero-order chi connectivity index (χ0) is 12.2. The molecule has 0 aliphatic rings. The highest BCUT2D eigenvalue weighted by atomic mass is 32.2. The maximum Gasteiger partial charge on any atom is 0.244 e. The van der Waals surface area contributed by atoms with E-state index >= 15 is 0 Å². The van der Waals surface area contributed by atoms with Gasteiger partial charge in [-0.3, -0.25) is 5.10 Å². The molecule has 0 radical (unpaired) electrons. The van der Waals surface area contributed by atoms with Crippen LogP contribution in [0.2, 0.25) is 0 Å². The summed E-state index contributed by atoms with van der Waals surface area (Å²) >= 11 is 0. The van der Waals surface area contributed by atoms with Crippen LogP contribution in [0, 0.1) is 18.3 Å². The Morgan fingerprint density at radius 1 is 1.69 bits per heavy atom. The van der Waals surface area contributed by atoms with E-state index in [2.05, 4.69) is 14.9 Å². The zero-order valence-corrected chi connectivity index (χ0v) is 10.0. The lowest BCUT2D eigenvalue weighted by Crippen LogP contribution is -2.34. The van der Waals surface area contributed by atoms with Gasteiger partial charge in [-0.15, -0.1) is 0 Å². The summed E-state index contributed by atoms with van der Waals surface area (Å²) in [5.74, 6) is 0. The van der Waals surface area contributed by atoms with Crippen molar-refractivity contribution in [1.29, 1.82) is 5.26 Å². The van der Waals surface area contributed by atoms with Gasteiger partial charge in [0.05, 0.1) is 24.4 Å². The van der Waals surface area contributed by atoms with Gasteiger partial charge in [-0.2, -0.15) is 10.4 Å². The molecular weight excluding hydrogens is 228 g/mol. The molecule has 16 heavy (non-hydrogen) atoms. The minimum absolute atomic E-state index is 0.129. The summed E-state index contributed by atoms with van der Waals surface area (Å²) < 4.78 is 26.2. The van der Waals surface area contributed by atoms with E-state index in [4.69, 9.17) is 5.26 Å². The molecule has 1 unspecified atom stereocenters.